The molecule has 0 radical (unpaired) electrons. The first kappa shape index (κ1) is 17.9. The van der Waals surface area contributed by atoms with Crippen molar-refractivity contribution in [2.24, 2.45) is 0 Å². The van der Waals surface area contributed by atoms with Gasteiger partial charge in [-0.05, 0) is 36.4 Å². The number of benzene rings is 2. The molecule has 23 heavy (non-hydrogen) atoms. The van der Waals surface area contributed by atoms with Crippen molar-refractivity contribution in [1.82, 2.24) is 0 Å². The van der Waals surface area contributed by atoms with E-state index in [-0.39, 0.29) is 31.2 Å². The summed E-state index contributed by atoms with van der Waals surface area (Å²) in [5.74, 6) is -0.578. The fourth-order valence-corrected chi connectivity index (χ4v) is 3.44. The van der Waals surface area contributed by atoms with E-state index in [9.17, 15) is 13.2 Å². The lowest BCUT2D eigenvalue weighted by Gasteiger charge is -2.11. The van der Waals surface area contributed by atoms with Crippen LogP contribution in [0.2, 0.25) is 15.1 Å². The van der Waals surface area contributed by atoms with Crippen molar-refractivity contribution in [3.05, 3.63) is 57.0 Å². The van der Waals surface area contributed by atoms with Crippen LogP contribution in [0.1, 0.15) is 10.4 Å². The summed E-state index contributed by atoms with van der Waals surface area (Å²) in [7, 11) is -2.67. The Morgan fingerprint density at radius 2 is 1.70 bits per heavy atom. The van der Waals surface area contributed by atoms with Crippen LogP contribution in [0.4, 0.5) is 5.69 Å². The van der Waals surface area contributed by atoms with Gasteiger partial charge in [0.1, 0.15) is 0 Å². The molecule has 0 bridgehead atoms. The molecule has 9 heteroatoms. The highest BCUT2D eigenvalue weighted by molar-refractivity contribution is 7.92. The molecule has 0 aliphatic rings. The maximum absolute atomic E-state index is 12.3. The molecule has 0 aliphatic heterocycles. The molecule has 0 saturated heterocycles. The molecule has 2 aromatic rings. The molecule has 0 aromatic heterocycles. The standard InChI is InChI=1S/C14H10Cl3NO4S/c1-22-14(19)8-2-5-13(12(17)6-8)18-23(20,21)9-3-4-10(15)11(16)7-9/h2-7,18H,1H3. The van der Waals surface area contributed by atoms with Crippen molar-refractivity contribution in [3.63, 3.8) is 0 Å². The summed E-state index contributed by atoms with van der Waals surface area (Å²) in [6, 6.07) is 7.98. The number of esters is 1. The first-order valence-corrected chi connectivity index (χ1v) is 8.72. The smallest absolute Gasteiger partial charge is 0.337 e. The average molecular weight is 395 g/mol. The number of rotatable bonds is 4. The van der Waals surface area contributed by atoms with Crippen molar-refractivity contribution >= 4 is 56.5 Å². The Morgan fingerprint density at radius 3 is 2.26 bits per heavy atom. The minimum absolute atomic E-state index is 0.0523. The molecule has 2 rings (SSSR count). The molecular formula is C14H10Cl3NO4S. The van der Waals surface area contributed by atoms with Crippen molar-refractivity contribution in [2.45, 2.75) is 4.90 Å². The maximum Gasteiger partial charge on any atom is 0.337 e. The predicted molar refractivity (Wildman–Crippen MR) is 90.1 cm³/mol. The van der Waals surface area contributed by atoms with Gasteiger partial charge in [-0.15, -0.1) is 0 Å². The van der Waals surface area contributed by atoms with E-state index in [1.165, 1.54) is 43.5 Å². The largest absolute Gasteiger partial charge is 0.465 e. The second-order valence-electron chi connectivity index (χ2n) is 4.37. The van der Waals surface area contributed by atoms with Gasteiger partial charge in [-0.1, -0.05) is 34.8 Å². The second-order valence-corrected chi connectivity index (χ2v) is 7.27. The van der Waals surface area contributed by atoms with Crippen LogP contribution < -0.4 is 4.72 Å². The minimum Gasteiger partial charge on any atom is -0.465 e. The fourth-order valence-electron chi connectivity index (χ4n) is 1.69. The van der Waals surface area contributed by atoms with Crippen molar-refractivity contribution in [3.8, 4) is 0 Å². The third-order valence-electron chi connectivity index (χ3n) is 2.84. The van der Waals surface area contributed by atoms with E-state index in [2.05, 4.69) is 9.46 Å². The van der Waals surface area contributed by atoms with E-state index in [4.69, 9.17) is 34.8 Å². The second kappa shape index (κ2) is 6.97. The Morgan fingerprint density at radius 1 is 1.00 bits per heavy atom. The van der Waals surface area contributed by atoms with Gasteiger partial charge in [-0.25, -0.2) is 13.2 Å². The number of hydrogen-bond donors (Lipinski definition) is 1. The predicted octanol–water partition coefficient (Wildman–Crippen LogP) is 4.23. The van der Waals surface area contributed by atoms with E-state index in [0.29, 0.717) is 0 Å². The number of halogens is 3. The molecule has 1 N–H and O–H groups in total. The quantitative estimate of drug-likeness (QED) is 0.788. The Balaban J connectivity index is 2.33. The highest BCUT2D eigenvalue weighted by Gasteiger charge is 2.18. The minimum atomic E-state index is -3.91. The Kier molecular flexibility index (Phi) is 5.41. The van der Waals surface area contributed by atoms with Gasteiger partial charge in [0.15, 0.2) is 0 Å². The molecule has 0 atom stereocenters. The van der Waals surface area contributed by atoms with Gasteiger partial charge >= 0.3 is 5.97 Å². The fraction of sp³-hybridized carbons (Fsp3) is 0.0714. The van der Waals surface area contributed by atoms with Crippen LogP contribution in [-0.2, 0) is 14.8 Å². The van der Waals surface area contributed by atoms with Crippen molar-refractivity contribution < 1.29 is 17.9 Å². The van der Waals surface area contributed by atoms with Crippen LogP contribution in [0, 0.1) is 0 Å². The third-order valence-corrected chi connectivity index (χ3v) is 5.25. The Labute approximate surface area is 148 Å². The summed E-state index contributed by atoms with van der Waals surface area (Å²) in [6.07, 6.45) is 0. The number of hydrogen-bond acceptors (Lipinski definition) is 4. The van der Waals surface area contributed by atoms with Gasteiger partial charge in [-0.2, -0.15) is 0 Å². The Bertz CT molecular complexity index is 868. The topological polar surface area (TPSA) is 72.5 Å². The number of ether oxygens (including phenoxy) is 1. The van der Waals surface area contributed by atoms with E-state index >= 15 is 0 Å². The molecule has 0 amide bonds. The molecule has 0 aliphatic carbocycles. The molecule has 5 nitrogen and oxygen atoms in total. The van der Waals surface area contributed by atoms with Crippen LogP contribution >= 0.6 is 34.8 Å². The number of carbonyl (C=O) groups is 1. The molecule has 0 fully saturated rings. The molecule has 0 saturated carbocycles. The first-order chi connectivity index (χ1) is 10.7. The van der Waals surface area contributed by atoms with E-state index in [0.717, 1.165) is 0 Å². The summed E-state index contributed by atoms with van der Waals surface area (Å²) < 4.78 is 31.5. The van der Waals surface area contributed by atoms with Crippen molar-refractivity contribution in [2.75, 3.05) is 11.8 Å². The molecular weight excluding hydrogens is 385 g/mol. The molecule has 2 aromatic carbocycles. The average Bonchev–Trinajstić information content (AvgIpc) is 2.51. The zero-order chi connectivity index (χ0) is 17.2. The number of nitrogens with one attached hydrogen (secondary N) is 1. The number of methoxy groups -OCH3 is 1. The molecule has 0 heterocycles. The van der Waals surface area contributed by atoms with Gasteiger partial charge in [-0.3, -0.25) is 4.72 Å². The summed E-state index contributed by atoms with van der Waals surface area (Å²) in [4.78, 5) is 11.3. The highest BCUT2D eigenvalue weighted by Crippen LogP contribution is 2.29. The van der Waals surface area contributed by atoms with Crippen LogP contribution in [0.5, 0.6) is 0 Å². The van der Waals surface area contributed by atoms with Gasteiger partial charge in [0.05, 0.1) is 38.3 Å². The lowest BCUT2D eigenvalue weighted by Crippen LogP contribution is -2.13. The van der Waals surface area contributed by atoms with Gasteiger partial charge in [0, 0.05) is 0 Å². The summed E-state index contributed by atoms with van der Waals surface area (Å²) in [5, 5.41) is 0.407. The van der Waals surface area contributed by atoms with E-state index < -0.39 is 16.0 Å². The van der Waals surface area contributed by atoms with Gasteiger partial charge in [0.25, 0.3) is 10.0 Å². The molecule has 0 spiro atoms. The number of sulfonamides is 1. The molecule has 122 valence electrons. The summed E-state index contributed by atoms with van der Waals surface area (Å²) >= 11 is 17.6. The van der Waals surface area contributed by atoms with Crippen molar-refractivity contribution in [1.29, 1.82) is 0 Å². The zero-order valence-electron chi connectivity index (χ0n) is 11.6. The van der Waals surface area contributed by atoms with Crippen LogP contribution in [0.3, 0.4) is 0 Å². The maximum atomic E-state index is 12.3. The Hall–Kier alpha value is -1.47. The highest BCUT2D eigenvalue weighted by atomic mass is 35.5. The van der Waals surface area contributed by atoms with Crippen LogP contribution in [0.15, 0.2) is 41.3 Å². The number of carbonyl (C=O) groups excluding carboxylic acids is 1. The van der Waals surface area contributed by atoms with E-state index in [1.807, 2.05) is 0 Å². The van der Waals surface area contributed by atoms with E-state index in [1.54, 1.807) is 0 Å². The van der Waals surface area contributed by atoms with Gasteiger partial charge < -0.3 is 4.74 Å². The van der Waals surface area contributed by atoms with Gasteiger partial charge in [0.2, 0.25) is 0 Å². The third kappa shape index (κ3) is 4.09. The van der Waals surface area contributed by atoms with Crippen LogP contribution in [-0.4, -0.2) is 21.5 Å². The normalized spacial score (nSPS) is 11.1. The van der Waals surface area contributed by atoms with Crippen LogP contribution in [0.25, 0.3) is 0 Å². The monoisotopic (exact) mass is 393 g/mol. The summed E-state index contributed by atoms with van der Waals surface area (Å²) in [6.45, 7) is 0. The lowest BCUT2D eigenvalue weighted by atomic mass is 10.2. The first-order valence-electron chi connectivity index (χ1n) is 6.10. The number of anilines is 1. The molecule has 0 unspecified atom stereocenters. The zero-order valence-corrected chi connectivity index (χ0v) is 14.7. The lowest BCUT2D eigenvalue weighted by molar-refractivity contribution is 0.0601. The SMILES string of the molecule is COC(=O)c1ccc(NS(=O)(=O)c2ccc(Cl)c(Cl)c2)c(Cl)c1. The summed E-state index contributed by atoms with van der Waals surface area (Å²) in [5.41, 5.74) is 0.320.